The van der Waals surface area contributed by atoms with Crippen molar-refractivity contribution in [1.29, 1.82) is 0 Å². The summed E-state index contributed by atoms with van der Waals surface area (Å²) >= 11 is 3.54. The van der Waals surface area contributed by atoms with Gasteiger partial charge in [0.1, 0.15) is 0 Å². The molecule has 1 unspecified atom stereocenters. The molecule has 0 saturated carbocycles. The molecule has 4 nitrogen and oxygen atoms in total. The quantitative estimate of drug-likeness (QED) is 0.486. The van der Waals surface area contributed by atoms with Crippen molar-refractivity contribution in [1.82, 2.24) is 4.90 Å². The number of hydrogen-bond acceptors (Lipinski definition) is 2. The molecule has 2 N–H and O–H groups in total. The van der Waals surface area contributed by atoms with Crippen molar-refractivity contribution in [3.8, 4) is 0 Å². The summed E-state index contributed by atoms with van der Waals surface area (Å²) in [5.41, 5.74) is -3.97. The molecule has 0 amide bonds. The van der Waals surface area contributed by atoms with Crippen LogP contribution in [0.25, 0.3) is 0 Å². The average molecular weight is 370 g/mol. The summed E-state index contributed by atoms with van der Waals surface area (Å²) in [5.74, 6) is 0. The fourth-order valence-electron chi connectivity index (χ4n) is 2.18. The van der Waals surface area contributed by atoms with Gasteiger partial charge in [0.2, 0.25) is 0 Å². The molecule has 8 heteroatoms. The van der Waals surface area contributed by atoms with Crippen LogP contribution in [0, 0.1) is 0 Å². The molecule has 0 radical (unpaired) electrons. The summed E-state index contributed by atoms with van der Waals surface area (Å²) in [6.45, 7) is 1.56. The highest BCUT2D eigenvalue weighted by Gasteiger charge is 2.50. The van der Waals surface area contributed by atoms with E-state index in [4.69, 9.17) is 9.79 Å². The lowest BCUT2D eigenvalue weighted by Gasteiger charge is -2.21. The second-order valence-electron chi connectivity index (χ2n) is 4.83. The van der Waals surface area contributed by atoms with E-state index in [9.17, 15) is 13.3 Å². The number of rotatable bonds is 4. The van der Waals surface area contributed by atoms with Gasteiger partial charge in [0.05, 0.1) is 4.95 Å². The van der Waals surface area contributed by atoms with Gasteiger partial charge >= 0.3 is 13.3 Å². The van der Waals surface area contributed by atoms with Gasteiger partial charge in [-0.2, -0.15) is 8.78 Å². The molecule has 0 aromatic heterocycles. The molecular formula is C12H15BrF2NO3P. The molecule has 2 rings (SSSR count). The minimum Gasteiger partial charge on any atom is -0.320 e. The zero-order valence-corrected chi connectivity index (χ0v) is 13.0. The van der Waals surface area contributed by atoms with Gasteiger partial charge in [0, 0.05) is 12.1 Å². The molecule has 1 aliphatic heterocycles. The van der Waals surface area contributed by atoms with Gasteiger partial charge in [0.25, 0.3) is 0 Å². The molecule has 1 aromatic rings. The first-order chi connectivity index (χ1) is 9.22. The third kappa shape index (κ3) is 3.28. The van der Waals surface area contributed by atoms with Crippen molar-refractivity contribution in [3.05, 3.63) is 35.4 Å². The molecule has 0 spiro atoms. The van der Waals surface area contributed by atoms with Crippen LogP contribution in [0.1, 0.15) is 24.0 Å². The maximum atomic E-state index is 13.5. The average Bonchev–Trinajstić information content (AvgIpc) is 2.74. The Kier molecular flexibility index (Phi) is 4.66. The van der Waals surface area contributed by atoms with E-state index in [1.165, 1.54) is 12.1 Å². The lowest BCUT2D eigenvalue weighted by molar-refractivity contribution is 0.0564. The third-order valence-corrected chi connectivity index (χ3v) is 5.36. The first kappa shape index (κ1) is 16.0. The topological polar surface area (TPSA) is 60.8 Å². The van der Waals surface area contributed by atoms with Crippen molar-refractivity contribution in [2.75, 3.05) is 6.54 Å². The summed E-state index contributed by atoms with van der Waals surface area (Å²) in [4.78, 5) is 19.8. The van der Waals surface area contributed by atoms with Crippen molar-refractivity contribution in [2.45, 2.75) is 30.0 Å². The van der Waals surface area contributed by atoms with Crippen LogP contribution >= 0.6 is 23.5 Å². The predicted octanol–water partition coefficient (Wildman–Crippen LogP) is 3.23. The van der Waals surface area contributed by atoms with Gasteiger partial charge in [-0.1, -0.05) is 40.2 Å². The molecule has 1 saturated heterocycles. The van der Waals surface area contributed by atoms with Crippen LogP contribution < -0.4 is 0 Å². The highest BCUT2D eigenvalue weighted by atomic mass is 79.9. The number of benzene rings is 1. The van der Waals surface area contributed by atoms with Crippen LogP contribution in [0.4, 0.5) is 8.78 Å². The smallest absolute Gasteiger partial charge is 0.320 e. The summed E-state index contributed by atoms with van der Waals surface area (Å²) in [7, 11) is -5.50. The number of likely N-dealkylation sites (tertiary alicyclic amines) is 1. The van der Waals surface area contributed by atoms with E-state index in [0.29, 0.717) is 11.5 Å². The Hall–Kier alpha value is -0.330. The maximum Gasteiger partial charge on any atom is 0.399 e. The second-order valence-corrected chi connectivity index (χ2v) is 7.54. The van der Waals surface area contributed by atoms with E-state index < -0.39 is 18.8 Å². The molecule has 20 heavy (non-hydrogen) atoms. The molecular weight excluding hydrogens is 355 g/mol. The van der Waals surface area contributed by atoms with E-state index in [-0.39, 0.29) is 0 Å². The van der Waals surface area contributed by atoms with Crippen LogP contribution in [0.3, 0.4) is 0 Å². The van der Waals surface area contributed by atoms with Gasteiger partial charge in [-0.15, -0.1) is 0 Å². The van der Waals surface area contributed by atoms with Crippen LogP contribution in [0.2, 0.25) is 0 Å². The van der Waals surface area contributed by atoms with Gasteiger partial charge in [-0.25, -0.2) is 0 Å². The SMILES string of the molecule is O=P(O)(O)C(F)(F)c1ccc(CN2CCCC2Br)cc1. The van der Waals surface area contributed by atoms with Gasteiger partial charge in [-0.05, 0) is 24.9 Å². The highest BCUT2D eigenvalue weighted by molar-refractivity contribution is 9.09. The molecule has 1 fully saturated rings. The lowest BCUT2D eigenvalue weighted by Crippen LogP contribution is -2.24. The Morgan fingerprint density at radius 3 is 2.40 bits per heavy atom. The summed E-state index contributed by atoms with van der Waals surface area (Å²) < 4.78 is 37.8. The molecule has 1 atom stereocenters. The Morgan fingerprint density at radius 1 is 1.35 bits per heavy atom. The summed E-state index contributed by atoms with van der Waals surface area (Å²) in [5, 5.41) is 0. The van der Waals surface area contributed by atoms with E-state index in [1.54, 1.807) is 0 Å². The van der Waals surface area contributed by atoms with Crippen LogP contribution in [-0.2, 0) is 16.8 Å². The number of halogens is 3. The number of alkyl halides is 3. The minimum atomic E-state index is -5.50. The van der Waals surface area contributed by atoms with Crippen LogP contribution in [0.15, 0.2) is 24.3 Å². The van der Waals surface area contributed by atoms with Crippen molar-refractivity contribution >= 4 is 23.5 Å². The van der Waals surface area contributed by atoms with Gasteiger partial charge in [-0.3, -0.25) is 9.46 Å². The molecule has 0 aliphatic carbocycles. The Labute approximate surface area is 124 Å². The van der Waals surface area contributed by atoms with Gasteiger partial charge < -0.3 is 9.79 Å². The highest BCUT2D eigenvalue weighted by Crippen LogP contribution is 2.59. The summed E-state index contributed by atoms with van der Waals surface area (Å²) in [6.07, 6.45) is 2.14. The van der Waals surface area contributed by atoms with Crippen molar-refractivity contribution in [3.63, 3.8) is 0 Å². The first-order valence-corrected chi connectivity index (χ1v) is 8.65. The second kappa shape index (κ2) is 5.81. The molecule has 112 valence electrons. The van der Waals surface area contributed by atoms with E-state index in [0.717, 1.165) is 37.1 Å². The maximum absolute atomic E-state index is 13.5. The van der Waals surface area contributed by atoms with Crippen LogP contribution in [-0.4, -0.2) is 26.2 Å². The largest absolute Gasteiger partial charge is 0.399 e. The molecule has 1 heterocycles. The molecule has 1 aliphatic rings. The third-order valence-electron chi connectivity index (χ3n) is 3.34. The minimum absolute atomic E-state index is 0.290. The first-order valence-electron chi connectivity index (χ1n) is 6.13. The predicted molar refractivity (Wildman–Crippen MR) is 74.7 cm³/mol. The molecule has 0 bridgehead atoms. The fourth-order valence-corrected chi connectivity index (χ4v) is 3.34. The van der Waals surface area contributed by atoms with Gasteiger partial charge in [0.15, 0.2) is 0 Å². The Bertz CT molecular complexity index is 520. The number of hydrogen-bond donors (Lipinski definition) is 2. The van der Waals surface area contributed by atoms with Crippen molar-refractivity contribution < 1.29 is 23.1 Å². The van der Waals surface area contributed by atoms with Crippen LogP contribution in [0.5, 0.6) is 0 Å². The lowest BCUT2D eigenvalue weighted by atomic mass is 10.1. The Balaban J connectivity index is 2.12. The monoisotopic (exact) mass is 369 g/mol. The zero-order chi connectivity index (χ0) is 15.0. The normalized spacial score (nSPS) is 21.4. The van der Waals surface area contributed by atoms with E-state index >= 15 is 0 Å². The van der Waals surface area contributed by atoms with Crippen molar-refractivity contribution in [2.24, 2.45) is 0 Å². The molecule has 1 aromatic carbocycles. The van der Waals surface area contributed by atoms with E-state index in [2.05, 4.69) is 20.8 Å². The number of nitrogens with zero attached hydrogens (tertiary/aromatic N) is 1. The Morgan fingerprint density at radius 2 is 1.95 bits per heavy atom. The summed E-state index contributed by atoms with van der Waals surface area (Å²) in [6, 6.07) is 5.12. The van der Waals surface area contributed by atoms with E-state index in [1.807, 2.05) is 0 Å². The standard InChI is InChI=1S/C12H15BrF2NO3P/c13-11-2-1-7-16(11)8-9-3-5-10(6-4-9)12(14,15)20(17,18)19/h3-6,11H,1-2,7-8H2,(H2,17,18,19). The zero-order valence-electron chi connectivity index (χ0n) is 10.5. The fraction of sp³-hybridized carbons (Fsp3) is 0.500.